The van der Waals surface area contributed by atoms with Crippen molar-refractivity contribution in [2.24, 2.45) is 0 Å². The van der Waals surface area contributed by atoms with Gasteiger partial charge in [-0.2, -0.15) is 4.31 Å². The smallest absolute Gasteiger partial charge is 0.243 e. The van der Waals surface area contributed by atoms with Gasteiger partial charge < -0.3 is 10.6 Å². The molecule has 0 saturated carbocycles. The molecule has 1 aliphatic rings. The Kier molecular flexibility index (Phi) is 9.03. The molecule has 2 atom stereocenters. The Bertz CT molecular complexity index is 1270. The van der Waals surface area contributed by atoms with Crippen LogP contribution in [-0.2, 0) is 38.3 Å². The fraction of sp³-hybridized carbons (Fsp3) is 0.321. The quantitative estimate of drug-likeness (QED) is 0.427. The summed E-state index contributed by atoms with van der Waals surface area (Å²) in [5.41, 5.74) is 2.40. The first kappa shape index (κ1) is 26.5. The Morgan fingerprint density at radius 2 is 1.59 bits per heavy atom. The van der Waals surface area contributed by atoms with E-state index in [9.17, 15) is 18.0 Å². The van der Waals surface area contributed by atoms with Gasteiger partial charge in [-0.1, -0.05) is 73.2 Å². The van der Waals surface area contributed by atoms with Gasteiger partial charge in [-0.3, -0.25) is 14.6 Å². The molecule has 0 bridgehead atoms. The molecule has 3 aromatic rings. The Labute approximate surface area is 218 Å². The largest absolute Gasteiger partial charge is 0.350 e. The zero-order chi connectivity index (χ0) is 26.1. The maximum absolute atomic E-state index is 13.5. The number of carbonyl (C=O) groups is 2. The molecule has 2 N–H and O–H groups in total. The van der Waals surface area contributed by atoms with E-state index >= 15 is 0 Å². The molecule has 0 aliphatic carbocycles. The molecule has 2 aromatic carbocycles. The van der Waals surface area contributed by atoms with Gasteiger partial charge in [-0.25, -0.2) is 8.42 Å². The molecule has 8 nitrogen and oxygen atoms in total. The first-order valence-corrected chi connectivity index (χ1v) is 14.1. The molecule has 0 spiro atoms. The number of sulfonamides is 1. The fourth-order valence-corrected chi connectivity index (χ4v) is 6.29. The summed E-state index contributed by atoms with van der Waals surface area (Å²) < 4.78 is 27.9. The van der Waals surface area contributed by atoms with Crippen LogP contribution in [0.4, 0.5) is 0 Å². The summed E-state index contributed by atoms with van der Waals surface area (Å²) in [5.74, 6) is -0.958. The summed E-state index contributed by atoms with van der Waals surface area (Å²) >= 11 is 0. The Morgan fingerprint density at radius 1 is 0.919 bits per heavy atom. The highest BCUT2D eigenvalue weighted by Crippen LogP contribution is 2.23. The second-order valence-electron chi connectivity index (χ2n) is 9.19. The maximum atomic E-state index is 13.5. The maximum Gasteiger partial charge on any atom is 0.243 e. The predicted molar refractivity (Wildman–Crippen MR) is 142 cm³/mol. The van der Waals surface area contributed by atoms with Gasteiger partial charge in [0.2, 0.25) is 21.8 Å². The summed E-state index contributed by atoms with van der Waals surface area (Å²) in [5, 5.41) is 5.74. The highest BCUT2D eigenvalue weighted by molar-refractivity contribution is 7.88. The van der Waals surface area contributed by atoms with Crippen LogP contribution in [0.15, 0.2) is 85.2 Å². The number of carbonyl (C=O) groups excluding carboxylic acids is 2. The van der Waals surface area contributed by atoms with Gasteiger partial charge in [0.15, 0.2) is 0 Å². The van der Waals surface area contributed by atoms with E-state index in [0.717, 1.165) is 17.5 Å². The van der Waals surface area contributed by atoms with Crippen LogP contribution in [0.25, 0.3) is 0 Å². The van der Waals surface area contributed by atoms with E-state index in [1.165, 1.54) is 4.31 Å². The van der Waals surface area contributed by atoms with Crippen molar-refractivity contribution in [3.05, 3.63) is 102 Å². The van der Waals surface area contributed by atoms with Gasteiger partial charge in [0.1, 0.15) is 12.1 Å². The zero-order valence-electron chi connectivity index (χ0n) is 20.6. The van der Waals surface area contributed by atoms with Crippen LogP contribution in [0.3, 0.4) is 0 Å². The molecular weight excluding hydrogens is 488 g/mol. The number of piperidine rings is 1. The van der Waals surface area contributed by atoms with Gasteiger partial charge in [0.25, 0.3) is 0 Å². The van der Waals surface area contributed by atoms with Crippen molar-refractivity contribution < 1.29 is 18.0 Å². The lowest BCUT2D eigenvalue weighted by atomic mass is 10.0. The molecule has 2 unspecified atom stereocenters. The van der Waals surface area contributed by atoms with E-state index in [2.05, 4.69) is 15.6 Å². The number of nitrogens with zero attached hydrogens (tertiary/aromatic N) is 2. The van der Waals surface area contributed by atoms with Crippen LogP contribution in [0.1, 0.15) is 36.0 Å². The van der Waals surface area contributed by atoms with Crippen LogP contribution in [0.2, 0.25) is 0 Å². The van der Waals surface area contributed by atoms with Crippen molar-refractivity contribution in [1.82, 2.24) is 19.9 Å². The Balaban J connectivity index is 1.49. The number of nitrogens with one attached hydrogen (secondary N) is 2. The minimum Gasteiger partial charge on any atom is -0.350 e. The normalized spacial score (nSPS) is 17.0. The van der Waals surface area contributed by atoms with Gasteiger partial charge in [0.05, 0.1) is 5.75 Å². The summed E-state index contributed by atoms with van der Waals surface area (Å²) in [6.07, 6.45) is 5.46. The van der Waals surface area contributed by atoms with Crippen molar-refractivity contribution >= 4 is 21.8 Å². The lowest BCUT2D eigenvalue weighted by Crippen LogP contribution is -2.56. The minimum atomic E-state index is -3.73. The second kappa shape index (κ2) is 12.6. The number of hydrogen-bond donors (Lipinski definition) is 2. The Hall–Kier alpha value is -3.56. The minimum absolute atomic E-state index is 0.170. The van der Waals surface area contributed by atoms with Crippen molar-refractivity contribution in [2.75, 3.05) is 6.54 Å². The number of hydrogen-bond acceptors (Lipinski definition) is 5. The Morgan fingerprint density at radius 3 is 2.27 bits per heavy atom. The monoisotopic (exact) mass is 520 g/mol. The third-order valence-electron chi connectivity index (χ3n) is 6.41. The number of aromatic nitrogens is 1. The van der Waals surface area contributed by atoms with E-state index < -0.39 is 28.0 Å². The van der Waals surface area contributed by atoms with Crippen LogP contribution in [0, 0.1) is 0 Å². The second-order valence-corrected chi connectivity index (χ2v) is 11.1. The lowest BCUT2D eigenvalue weighted by molar-refractivity contribution is -0.131. The van der Waals surface area contributed by atoms with E-state index in [1.54, 1.807) is 42.7 Å². The van der Waals surface area contributed by atoms with Gasteiger partial charge in [0, 0.05) is 31.9 Å². The highest BCUT2D eigenvalue weighted by atomic mass is 32.2. The highest BCUT2D eigenvalue weighted by Gasteiger charge is 2.38. The van der Waals surface area contributed by atoms with Crippen LogP contribution in [-0.4, -0.2) is 48.1 Å². The van der Waals surface area contributed by atoms with Crippen LogP contribution >= 0.6 is 0 Å². The molecule has 1 fully saturated rings. The predicted octanol–water partition coefficient (Wildman–Crippen LogP) is 2.81. The molecule has 2 heterocycles. The van der Waals surface area contributed by atoms with Gasteiger partial charge >= 0.3 is 0 Å². The molecule has 1 aliphatic heterocycles. The van der Waals surface area contributed by atoms with E-state index in [0.29, 0.717) is 18.4 Å². The van der Waals surface area contributed by atoms with Crippen molar-refractivity contribution in [3.8, 4) is 0 Å². The standard InChI is InChI=1S/C28H32N4O4S/c33-27(30-20-24-14-9-16-29-19-24)25(18-22-10-3-1-4-11-22)31-28(34)26-15-7-8-17-32(26)37(35,36)21-23-12-5-2-6-13-23/h1-6,9-14,16,19,25-26H,7-8,15,17-18,20-21H2,(H,30,33)(H,31,34). The molecule has 0 radical (unpaired) electrons. The zero-order valence-corrected chi connectivity index (χ0v) is 21.4. The molecular formula is C28H32N4O4S. The van der Waals surface area contributed by atoms with Gasteiger partial charge in [-0.05, 0) is 35.6 Å². The number of rotatable bonds is 10. The van der Waals surface area contributed by atoms with E-state index in [4.69, 9.17) is 0 Å². The van der Waals surface area contributed by atoms with Crippen LogP contribution < -0.4 is 10.6 Å². The summed E-state index contributed by atoms with van der Waals surface area (Å²) in [4.78, 5) is 30.7. The number of pyridine rings is 1. The molecule has 1 saturated heterocycles. The fourth-order valence-electron chi connectivity index (χ4n) is 4.51. The first-order chi connectivity index (χ1) is 17.9. The molecule has 9 heteroatoms. The third kappa shape index (κ3) is 7.47. The average molecular weight is 521 g/mol. The summed E-state index contributed by atoms with van der Waals surface area (Å²) in [7, 11) is -3.73. The van der Waals surface area contributed by atoms with E-state index in [-0.39, 0.29) is 31.2 Å². The van der Waals surface area contributed by atoms with Crippen LogP contribution in [0.5, 0.6) is 0 Å². The number of benzene rings is 2. The molecule has 194 valence electrons. The van der Waals surface area contributed by atoms with Crippen molar-refractivity contribution in [2.45, 2.75) is 50.1 Å². The lowest BCUT2D eigenvalue weighted by Gasteiger charge is -2.34. The molecule has 4 rings (SSSR count). The first-order valence-electron chi connectivity index (χ1n) is 12.5. The van der Waals surface area contributed by atoms with Crippen molar-refractivity contribution in [3.63, 3.8) is 0 Å². The van der Waals surface area contributed by atoms with E-state index in [1.807, 2.05) is 42.5 Å². The SMILES string of the molecule is O=C(NCc1cccnc1)C(Cc1ccccc1)NC(=O)C1CCCCN1S(=O)(=O)Cc1ccccc1. The summed E-state index contributed by atoms with van der Waals surface area (Å²) in [6, 6.07) is 20.3. The number of amides is 2. The molecule has 37 heavy (non-hydrogen) atoms. The van der Waals surface area contributed by atoms with Gasteiger partial charge in [-0.15, -0.1) is 0 Å². The molecule has 1 aromatic heterocycles. The third-order valence-corrected chi connectivity index (χ3v) is 8.26. The molecule has 2 amide bonds. The summed E-state index contributed by atoms with van der Waals surface area (Å²) in [6.45, 7) is 0.554. The topological polar surface area (TPSA) is 108 Å². The van der Waals surface area contributed by atoms with Crippen molar-refractivity contribution in [1.29, 1.82) is 0 Å². The average Bonchev–Trinajstić information content (AvgIpc) is 2.93.